The minimum Gasteiger partial charge on any atom is -0.489 e. The van der Waals surface area contributed by atoms with Crippen LogP contribution in [-0.2, 0) is 13.2 Å². The second-order valence-corrected chi connectivity index (χ2v) is 5.11. The molecule has 0 aliphatic heterocycles. The lowest BCUT2D eigenvalue weighted by atomic mass is 10.1. The van der Waals surface area contributed by atoms with Crippen LogP contribution in [0.15, 0.2) is 40.9 Å². The fraction of sp³-hybridized carbons (Fsp3) is 0.200. The van der Waals surface area contributed by atoms with Crippen molar-refractivity contribution in [2.45, 2.75) is 20.1 Å². The van der Waals surface area contributed by atoms with Gasteiger partial charge in [-0.3, -0.25) is 0 Å². The molecule has 0 bridgehead atoms. The zero-order chi connectivity index (χ0) is 13.8. The van der Waals surface area contributed by atoms with Crippen LogP contribution in [0.5, 0.6) is 5.75 Å². The summed E-state index contributed by atoms with van der Waals surface area (Å²) in [7, 11) is 0. The van der Waals surface area contributed by atoms with Gasteiger partial charge in [-0.25, -0.2) is 4.39 Å². The molecule has 2 rings (SSSR count). The first-order chi connectivity index (χ1) is 9.11. The largest absolute Gasteiger partial charge is 0.489 e. The van der Waals surface area contributed by atoms with Crippen molar-refractivity contribution in [1.82, 2.24) is 0 Å². The smallest absolute Gasteiger partial charge is 0.137 e. The average molecular weight is 324 g/mol. The normalized spacial score (nSPS) is 10.5. The van der Waals surface area contributed by atoms with Crippen molar-refractivity contribution >= 4 is 15.9 Å². The number of hydrogen-bond acceptors (Lipinski definition) is 2. The van der Waals surface area contributed by atoms with Gasteiger partial charge in [0.05, 0.1) is 4.47 Å². The predicted molar refractivity (Wildman–Crippen MR) is 77.5 cm³/mol. The van der Waals surface area contributed by atoms with Crippen LogP contribution in [0.1, 0.15) is 16.7 Å². The zero-order valence-electron chi connectivity index (χ0n) is 10.6. The fourth-order valence-electron chi connectivity index (χ4n) is 1.82. The Hall–Kier alpha value is -1.39. The third-order valence-electron chi connectivity index (χ3n) is 2.85. The van der Waals surface area contributed by atoms with Crippen LogP contribution >= 0.6 is 15.9 Å². The van der Waals surface area contributed by atoms with Gasteiger partial charge in [0.1, 0.15) is 18.2 Å². The van der Waals surface area contributed by atoms with Gasteiger partial charge in [-0.1, -0.05) is 29.8 Å². The van der Waals surface area contributed by atoms with Gasteiger partial charge >= 0.3 is 0 Å². The van der Waals surface area contributed by atoms with Crippen LogP contribution in [0, 0.1) is 12.7 Å². The van der Waals surface area contributed by atoms with Gasteiger partial charge in [0.25, 0.3) is 0 Å². The van der Waals surface area contributed by atoms with Crippen molar-refractivity contribution in [3.8, 4) is 5.75 Å². The standard InChI is InChI=1S/C15H15BrFNO/c1-10-5-6-14(12(7-10)8-18)19-9-11-3-2-4-13(17)15(11)16/h2-7H,8-9,18H2,1H3. The second kappa shape index (κ2) is 6.17. The molecule has 0 saturated carbocycles. The lowest BCUT2D eigenvalue weighted by Gasteiger charge is -2.12. The third-order valence-corrected chi connectivity index (χ3v) is 3.74. The van der Waals surface area contributed by atoms with E-state index in [2.05, 4.69) is 15.9 Å². The van der Waals surface area contributed by atoms with Gasteiger partial charge in [0, 0.05) is 17.7 Å². The van der Waals surface area contributed by atoms with Crippen molar-refractivity contribution in [2.24, 2.45) is 5.73 Å². The minimum atomic E-state index is -0.288. The summed E-state index contributed by atoms with van der Waals surface area (Å²) in [5, 5.41) is 0. The van der Waals surface area contributed by atoms with Crippen molar-refractivity contribution in [3.05, 3.63) is 63.4 Å². The quantitative estimate of drug-likeness (QED) is 0.925. The molecule has 4 heteroatoms. The van der Waals surface area contributed by atoms with E-state index in [0.717, 1.165) is 22.4 Å². The fourth-order valence-corrected chi connectivity index (χ4v) is 2.20. The Kier molecular flexibility index (Phi) is 4.56. The molecule has 0 atom stereocenters. The van der Waals surface area contributed by atoms with E-state index < -0.39 is 0 Å². The van der Waals surface area contributed by atoms with E-state index >= 15 is 0 Å². The van der Waals surface area contributed by atoms with Gasteiger partial charge < -0.3 is 10.5 Å². The van der Waals surface area contributed by atoms with E-state index in [0.29, 0.717) is 17.6 Å². The van der Waals surface area contributed by atoms with E-state index in [1.807, 2.05) is 31.2 Å². The molecule has 19 heavy (non-hydrogen) atoms. The minimum absolute atomic E-state index is 0.288. The average Bonchev–Trinajstić information content (AvgIpc) is 2.41. The van der Waals surface area contributed by atoms with Gasteiger partial charge in [-0.15, -0.1) is 0 Å². The van der Waals surface area contributed by atoms with E-state index in [-0.39, 0.29) is 5.82 Å². The first-order valence-corrected chi connectivity index (χ1v) is 6.76. The highest BCUT2D eigenvalue weighted by atomic mass is 79.9. The Bertz CT molecular complexity index is 586. The van der Waals surface area contributed by atoms with Crippen molar-refractivity contribution in [3.63, 3.8) is 0 Å². The highest BCUT2D eigenvalue weighted by molar-refractivity contribution is 9.10. The molecule has 0 radical (unpaired) electrons. The number of halogens is 2. The van der Waals surface area contributed by atoms with E-state index in [1.165, 1.54) is 6.07 Å². The summed E-state index contributed by atoms with van der Waals surface area (Å²) in [4.78, 5) is 0. The first kappa shape index (κ1) is 14.0. The molecule has 2 N–H and O–H groups in total. The lowest BCUT2D eigenvalue weighted by Crippen LogP contribution is -2.04. The summed E-state index contributed by atoms with van der Waals surface area (Å²) in [5.74, 6) is 0.452. The van der Waals surface area contributed by atoms with E-state index in [1.54, 1.807) is 6.07 Å². The van der Waals surface area contributed by atoms with Crippen LogP contribution in [0.3, 0.4) is 0 Å². The van der Waals surface area contributed by atoms with E-state index in [4.69, 9.17) is 10.5 Å². The molecule has 0 amide bonds. The first-order valence-electron chi connectivity index (χ1n) is 5.97. The van der Waals surface area contributed by atoms with Crippen LogP contribution in [0.25, 0.3) is 0 Å². The van der Waals surface area contributed by atoms with Gasteiger partial charge in [-0.2, -0.15) is 0 Å². The van der Waals surface area contributed by atoms with Gasteiger partial charge in [0.15, 0.2) is 0 Å². The number of aryl methyl sites for hydroxylation is 1. The summed E-state index contributed by atoms with van der Waals surface area (Å²) in [6, 6.07) is 10.8. The highest BCUT2D eigenvalue weighted by Gasteiger charge is 2.07. The molecule has 0 fully saturated rings. The van der Waals surface area contributed by atoms with Crippen LogP contribution < -0.4 is 10.5 Å². The maximum Gasteiger partial charge on any atom is 0.137 e. The Morgan fingerprint density at radius 2 is 2.00 bits per heavy atom. The topological polar surface area (TPSA) is 35.2 Å². The number of benzene rings is 2. The van der Waals surface area contributed by atoms with E-state index in [9.17, 15) is 4.39 Å². The summed E-state index contributed by atoms with van der Waals surface area (Å²) < 4.78 is 19.6. The summed E-state index contributed by atoms with van der Waals surface area (Å²) in [6.07, 6.45) is 0. The summed E-state index contributed by atoms with van der Waals surface area (Å²) in [5.41, 5.74) is 8.55. The van der Waals surface area contributed by atoms with Gasteiger partial charge in [-0.05, 0) is 35.0 Å². The summed E-state index contributed by atoms with van der Waals surface area (Å²) in [6.45, 7) is 2.72. The lowest BCUT2D eigenvalue weighted by molar-refractivity contribution is 0.301. The molecule has 2 aromatic carbocycles. The maximum absolute atomic E-state index is 13.4. The molecular weight excluding hydrogens is 309 g/mol. The Labute approximate surface area is 120 Å². The predicted octanol–water partition coefficient (Wildman–Crippen LogP) is 3.93. The third kappa shape index (κ3) is 3.33. The number of nitrogens with two attached hydrogens (primary N) is 1. The Morgan fingerprint density at radius 3 is 2.74 bits per heavy atom. The number of rotatable bonds is 4. The SMILES string of the molecule is Cc1ccc(OCc2cccc(F)c2Br)c(CN)c1. The number of ether oxygens (including phenoxy) is 1. The molecule has 0 unspecified atom stereocenters. The van der Waals surface area contributed by atoms with Crippen molar-refractivity contribution in [2.75, 3.05) is 0 Å². The Balaban J connectivity index is 2.17. The molecule has 0 aromatic heterocycles. The highest BCUT2D eigenvalue weighted by Crippen LogP contribution is 2.24. The van der Waals surface area contributed by atoms with Crippen LogP contribution in [0.4, 0.5) is 4.39 Å². The van der Waals surface area contributed by atoms with Crippen molar-refractivity contribution < 1.29 is 9.13 Å². The molecule has 100 valence electrons. The molecule has 0 aliphatic rings. The van der Waals surface area contributed by atoms with Crippen molar-refractivity contribution in [1.29, 1.82) is 0 Å². The molecule has 0 heterocycles. The van der Waals surface area contributed by atoms with Gasteiger partial charge in [0.2, 0.25) is 0 Å². The zero-order valence-corrected chi connectivity index (χ0v) is 12.2. The molecule has 0 spiro atoms. The molecular formula is C15H15BrFNO. The Morgan fingerprint density at radius 1 is 1.21 bits per heavy atom. The summed E-state index contributed by atoms with van der Waals surface area (Å²) >= 11 is 3.22. The van der Waals surface area contributed by atoms with Crippen LogP contribution in [-0.4, -0.2) is 0 Å². The molecule has 0 aliphatic carbocycles. The molecule has 2 nitrogen and oxygen atoms in total. The molecule has 0 saturated heterocycles. The number of hydrogen-bond donors (Lipinski definition) is 1. The van der Waals surface area contributed by atoms with Crippen LogP contribution in [0.2, 0.25) is 0 Å². The maximum atomic E-state index is 13.4. The monoisotopic (exact) mass is 323 g/mol. The second-order valence-electron chi connectivity index (χ2n) is 4.32. The molecule has 2 aromatic rings.